The van der Waals surface area contributed by atoms with Gasteiger partial charge in [-0.1, -0.05) is 6.07 Å². The Morgan fingerprint density at radius 2 is 2.06 bits per heavy atom. The Hall–Kier alpha value is -1.82. The van der Waals surface area contributed by atoms with Gasteiger partial charge in [0.1, 0.15) is 23.7 Å². The van der Waals surface area contributed by atoms with E-state index in [4.69, 9.17) is 15.9 Å². The zero-order chi connectivity index (χ0) is 12.3. The number of nitrogens with two attached hydrogens (primary N) is 1. The number of alkyl halides is 1. The largest absolute Gasteiger partial charge is 0.508 e. The minimum atomic E-state index is -2.06. The average molecular weight is 229 g/mol. The number of benzene rings is 1. The Morgan fingerprint density at radius 1 is 1.44 bits per heavy atom. The van der Waals surface area contributed by atoms with Gasteiger partial charge in [0, 0.05) is 12.5 Å². The summed E-state index contributed by atoms with van der Waals surface area (Å²) in [6.45, 7) is -1.25. The van der Waals surface area contributed by atoms with E-state index in [2.05, 4.69) is 0 Å². The summed E-state index contributed by atoms with van der Waals surface area (Å²) in [7, 11) is 0. The van der Waals surface area contributed by atoms with Crippen molar-refractivity contribution < 1.29 is 24.5 Å². The first-order valence-corrected chi connectivity index (χ1v) is 4.48. The van der Waals surface area contributed by atoms with Crippen molar-refractivity contribution >= 4 is 5.97 Å². The molecule has 0 saturated heterocycles. The van der Waals surface area contributed by atoms with Crippen LogP contribution in [-0.4, -0.2) is 33.5 Å². The van der Waals surface area contributed by atoms with Crippen molar-refractivity contribution in [3.8, 4) is 11.5 Å². The standard InChI is InChI=1S/C10H12FNO4/c11-5-10(12,9(15)16)4-6-1-2-7(13)3-8(6)14/h1-3,13-14H,4-5,12H2,(H,15,16)/t10-/m1/s1. The Labute approximate surface area is 90.9 Å². The number of aliphatic carboxylic acids is 1. The molecule has 0 heterocycles. The third-order valence-electron chi connectivity index (χ3n) is 2.24. The molecule has 0 bridgehead atoms. The zero-order valence-corrected chi connectivity index (χ0v) is 8.35. The molecular weight excluding hydrogens is 217 g/mol. The van der Waals surface area contributed by atoms with Crippen molar-refractivity contribution in [2.24, 2.45) is 5.73 Å². The van der Waals surface area contributed by atoms with Crippen LogP contribution < -0.4 is 5.73 Å². The second-order valence-corrected chi connectivity index (χ2v) is 3.58. The molecule has 1 rings (SSSR count). The average Bonchev–Trinajstić information content (AvgIpc) is 2.22. The highest BCUT2D eigenvalue weighted by Crippen LogP contribution is 2.25. The molecule has 0 fully saturated rings. The van der Waals surface area contributed by atoms with Gasteiger partial charge in [-0.15, -0.1) is 0 Å². The van der Waals surface area contributed by atoms with E-state index in [1.54, 1.807) is 0 Å². The third kappa shape index (κ3) is 2.40. The molecule has 1 aromatic carbocycles. The van der Waals surface area contributed by atoms with Gasteiger partial charge in [-0.2, -0.15) is 0 Å². The highest BCUT2D eigenvalue weighted by molar-refractivity contribution is 5.79. The molecule has 5 nitrogen and oxygen atoms in total. The van der Waals surface area contributed by atoms with Crippen LogP contribution in [0, 0.1) is 0 Å². The lowest BCUT2D eigenvalue weighted by Crippen LogP contribution is -2.52. The second-order valence-electron chi connectivity index (χ2n) is 3.58. The number of rotatable bonds is 4. The van der Waals surface area contributed by atoms with Crippen LogP contribution in [0.2, 0.25) is 0 Å². The molecule has 1 atom stereocenters. The molecule has 0 radical (unpaired) electrons. The maximum Gasteiger partial charge on any atom is 0.326 e. The highest BCUT2D eigenvalue weighted by atomic mass is 19.1. The predicted octanol–water partition coefficient (Wildman–Crippen LogP) is 0.392. The summed E-state index contributed by atoms with van der Waals surface area (Å²) in [4.78, 5) is 10.7. The summed E-state index contributed by atoms with van der Waals surface area (Å²) in [5.74, 6) is -1.97. The zero-order valence-electron chi connectivity index (χ0n) is 8.35. The van der Waals surface area contributed by atoms with Crippen LogP contribution in [0.5, 0.6) is 11.5 Å². The summed E-state index contributed by atoms with van der Waals surface area (Å²) in [6, 6.07) is 3.59. The molecule has 1 aromatic rings. The fourth-order valence-electron chi connectivity index (χ4n) is 1.22. The van der Waals surface area contributed by atoms with Crippen LogP contribution in [0.3, 0.4) is 0 Å². The van der Waals surface area contributed by atoms with Crippen molar-refractivity contribution in [3.05, 3.63) is 23.8 Å². The first-order valence-electron chi connectivity index (χ1n) is 4.48. The van der Waals surface area contributed by atoms with E-state index in [9.17, 15) is 14.3 Å². The number of halogens is 1. The quantitative estimate of drug-likeness (QED) is 0.598. The summed E-state index contributed by atoms with van der Waals surface area (Å²) < 4.78 is 12.6. The van der Waals surface area contributed by atoms with Gasteiger partial charge in [0.25, 0.3) is 0 Å². The molecule has 0 unspecified atom stereocenters. The number of hydrogen-bond donors (Lipinski definition) is 4. The number of aromatic hydroxyl groups is 2. The molecular formula is C10H12FNO4. The van der Waals surface area contributed by atoms with Crippen molar-refractivity contribution in [2.75, 3.05) is 6.67 Å². The highest BCUT2D eigenvalue weighted by Gasteiger charge is 2.35. The van der Waals surface area contributed by atoms with Crippen molar-refractivity contribution in [1.82, 2.24) is 0 Å². The lowest BCUT2D eigenvalue weighted by molar-refractivity contribution is -0.143. The molecule has 0 aliphatic carbocycles. The second kappa shape index (κ2) is 4.36. The van der Waals surface area contributed by atoms with E-state index in [1.165, 1.54) is 12.1 Å². The van der Waals surface area contributed by atoms with Gasteiger partial charge in [-0.25, -0.2) is 4.39 Å². The lowest BCUT2D eigenvalue weighted by atomic mass is 9.93. The van der Waals surface area contributed by atoms with E-state index < -0.39 is 18.2 Å². The molecule has 5 N–H and O–H groups in total. The summed E-state index contributed by atoms with van der Waals surface area (Å²) in [5.41, 5.74) is 3.44. The maximum atomic E-state index is 12.6. The number of hydrogen-bond acceptors (Lipinski definition) is 4. The number of carboxylic acids is 1. The molecule has 6 heteroatoms. The molecule has 88 valence electrons. The maximum absolute atomic E-state index is 12.6. The van der Waals surface area contributed by atoms with E-state index >= 15 is 0 Å². The van der Waals surface area contributed by atoms with Gasteiger partial charge < -0.3 is 21.1 Å². The van der Waals surface area contributed by atoms with Crippen LogP contribution >= 0.6 is 0 Å². The van der Waals surface area contributed by atoms with E-state index in [1.807, 2.05) is 0 Å². The molecule has 0 aliphatic rings. The Morgan fingerprint density at radius 3 is 2.50 bits per heavy atom. The van der Waals surface area contributed by atoms with Gasteiger partial charge in [-0.05, 0) is 11.6 Å². The number of phenolic OH excluding ortho intramolecular Hbond substituents is 2. The summed E-state index contributed by atoms with van der Waals surface area (Å²) in [6.07, 6.45) is -0.356. The minimum Gasteiger partial charge on any atom is -0.508 e. The fraction of sp³-hybridized carbons (Fsp3) is 0.300. The van der Waals surface area contributed by atoms with E-state index in [0.29, 0.717) is 0 Å². The van der Waals surface area contributed by atoms with Crippen LogP contribution in [0.15, 0.2) is 18.2 Å². The van der Waals surface area contributed by atoms with Gasteiger partial charge in [0.05, 0.1) is 0 Å². The van der Waals surface area contributed by atoms with Crippen LogP contribution in [-0.2, 0) is 11.2 Å². The first-order chi connectivity index (χ1) is 7.39. The molecule has 0 spiro atoms. The van der Waals surface area contributed by atoms with Crippen LogP contribution in [0.1, 0.15) is 5.56 Å². The normalized spacial score (nSPS) is 14.4. The van der Waals surface area contributed by atoms with E-state index in [0.717, 1.165) is 6.07 Å². The van der Waals surface area contributed by atoms with Crippen LogP contribution in [0.4, 0.5) is 4.39 Å². The van der Waals surface area contributed by atoms with Crippen molar-refractivity contribution in [3.63, 3.8) is 0 Å². The van der Waals surface area contributed by atoms with Gasteiger partial charge in [-0.3, -0.25) is 4.79 Å². The Kier molecular flexibility index (Phi) is 3.34. The molecule has 16 heavy (non-hydrogen) atoms. The van der Waals surface area contributed by atoms with Crippen molar-refractivity contribution in [1.29, 1.82) is 0 Å². The summed E-state index contributed by atoms with van der Waals surface area (Å²) in [5, 5.41) is 27.2. The van der Waals surface area contributed by atoms with Gasteiger partial charge >= 0.3 is 5.97 Å². The fourth-order valence-corrected chi connectivity index (χ4v) is 1.22. The number of phenols is 2. The summed E-state index contributed by atoms with van der Waals surface area (Å²) >= 11 is 0. The Bertz CT molecular complexity index is 410. The molecule has 0 aromatic heterocycles. The van der Waals surface area contributed by atoms with Crippen molar-refractivity contribution in [2.45, 2.75) is 12.0 Å². The van der Waals surface area contributed by atoms with Crippen LogP contribution in [0.25, 0.3) is 0 Å². The molecule has 0 saturated carbocycles. The third-order valence-corrected chi connectivity index (χ3v) is 2.24. The smallest absolute Gasteiger partial charge is 0.326 e. The van der Waals surface area contributed by atoms with E-state index in [-0.39, 0.29) is 23.5 Å². The topological polar surface area (TPSA) is 104 Å². The monoisotopic (exact) mass is 229 g/mol. The minimum absolute atomic E-state index is 0.167. The molecule has 0 aliphatic heterocycles. The van der Waals surface area contributed by atoms with Gasteiger partial charge in [0.15, 0.2) is 0 Å². The number of carboxylic acid groups (broad SMARTS) is 1. The SMILES string of the molecule is N[C@@](CF)(Cc1ccc(O)cc1O)C(=O)O. The molecule has 0 amide bonds. The predicted molar refractivity (Wildman–Crippen MR) is 54.0 cm³/mol. The van der Waals surface area contributed by atoms with Gasteiger partial charge in [0.2, 0.25) is 0 Å². The number of carbonyl (C=O) groups is 1. The first kappa shape index (κ1) is 12.3. The Balaban J connectivity index is 2.99. The lowest BCUT2D eigenvalue weighted by Gasteiger charge is -2.21.